The van der Waals surface area contributed by atoms with Gasteiger partial charge in [0.15, 0.2) is 11.6 Å². The van der Waals surface area contributed by atoms with Crippen LogP contribution >= 0.6 is 0 Å². The lowest BCUT2D eigenvalue weighted by Gasteiger charge is -2.05. The van der Waals surface area contributed by atoms with Crippen molar-refractivity contribution in [2.45, 2.75) is 6.92 Å². The normalized spacial score (nSPS) is 10.5. The number of anilines is 1. The molecule has 0 atom stereocenters. The zero-order valence-electron chi connectivity index (χ0n) is 11.4. The number of nitrogens with two attached hydrogens (primary N) is 1. The fourth-order valence-corrected chi connectivity index (χ4v) is 2.05. The van der Waals surface area contributed by atoms with Crippen LogP contribution in [0.4, 0.5) is 5.82 Å². The molecular weight excluding hydrogens is 266 g/mol. The van der Waals surface area contributed by atoms with Crippen LogP contribution in [0, 0.1) is 0 Å². The van der Waals surface area contributed by atoms with E-state index in [9.17, 15) is 4.79 Å². The summed E-state index contributed by atoms with van der Waals surface area (Å²) in [4.78, 5) is 15.4. The number of carbonyl (C=O) groups excluding carboxylic acids is 1. The van der Waals surface area contributed by atoms with Crippen molar-refractivity contribution >= 4 is 11.6 Å². The summed E-state index contributed by atoms with van der Waals surface area (Å²) in [5.41, 5.74) is 8.87. The molecule has 1 aromatic carbocycles. The predicted octanol–water partition coefficient (Wildman–Crippen LogP) is 2.11. The summed E-state index contributed by atoms with van der Waals surface area (Å²) in [5, 5.41) is 8.18. The highest BCUT2D eigenvalue weighted by atomic mass is 16.1. The summed E-state index contributed by atoms with van der Waals surface area (Å²) < 4.78 is 1.52. The summed E-state index contributed by atoms with van der Waals surface area (Å²) in [6, 6.07) is 10.7. The topological polar surface area (TPSA) is 86.7 Å². The highest BCUT2D eigenvalue weighted by Gasteiger charge is 2.13. The number of rotatable bonds is 3. The molecule has 6 nitrogen and oxygen atoms in total. The molecule has 0 amide bonds. The monoisotopic (exact) mass is 279 g/mol. The Kier molecular flexibility index (Phi) is 3.19. The van der Waals surface area contributed by atoms with Crippen LogP contribution in [-0.4, -0.2) is 25.8 Å². The van der Waals surface area contributed by atoms with Crippen LogP contribution in [0.3, 0.4) is 0 Å². The van der Waals surface area contributed by atoms with Crippen LogP contribution in [0.25, 0.3) is 16.9 Å². The molecule has 6 heteroatoms. The molecule has 2 aromatic heterocycles. The number of hydrogen-bond donors (Lipinski definition) is 1. The lowest BCUT2D eigenvalue weighted by Crippen LogP contribution is -2.03. The van der Waals surface area contributed by atoms with Crippen molar-refractivity contribution in [1.29, 1.82) is 0 Å². The van der Waals surface area contributed by atoms with E-state index in [1.165, 1.54) is 11.6 Å². The average molecular weight is 279 g/mol. The molecule has 2 heterocycles. The first kappa shape index (κ1) is 13.0. The Labute approximate surface area is 121 Å². The standard InChI is InChI=1S/C15H13N5O/c1-10(21)12-3-2-4-13(9-12)20-15(16)14(18-19-20)11-5-7-17-8-6-11/h2-9H,16H2,1H3. The number of benzene rings is 1. The van der Waals surface area contributed by atoms with Gasteiger partial charge < -0.3 is 5.73 Å². The summed E-state index contributed by atoms with van der Waals surface area (Å²) in [7, 11) is 0. The van der Waals surface area contributed by atoms with Gasteiger partial charge in [-0.05, 0) is 31.2 Å². The Balaban J connectivity index is 2.07. The molecule has 0 aliphatic carbocycles. The number of nitrogens with zero attached hydrogens (tertiary/aromatic N) is 4. The van der Waals surface area contributed by atoms with Crippen LogP contribution in [-0.2, 0) is 0 Å². The molecule has 2 N–H and O–H groups in total. The minimum Gasteiger partial charge on any atom is -0.382 e. The van der Waals surface area contributed by atoms with E-state index in [1.807, 2.05) is 18.2 Å². The molecular formula is C15H13N5O. The van der Waals surface area contributed by atoms with Crippen LogP contribution in [0.1, 0.15) is 17.3 Å². The maximum Gasteiger partial charge on any atom is 0.159 e. The molecule has 0 bridgehead atoms. The fraction of sp³-hybridized carbons (Fsp3) is 0.0667. The molecule has 0 saturated heterocycles. The highest BCUT2D eigenvalue weighted by Crippen LogP contribution is 2.24. The lowest BCUT2D eigenvalue weighted by atomic mass is 10.1. The van der Waals surface area contributed by atoms with E-state index in [4.69, 9.17) is 5.73 Å². The zero-order chi connectivity index (χ0) is 14.8. The largest absolute Gasteiger partial charge is 0.382 e. The van der Waals surface area contributed by atoms with Crippen LogP contribution in [0.15, 0.2) is 48.8 Å². The van der Waals surface area contributed by atoms with Gasteiger partial charge in [0.05, 0.1) is 5.69 Å². The average Bonchev–Trinajstić information content (AvgIpc) is 2.90. The number of carbonyl (C=O) groups is 1. The van der Waals surface area contributed by atoms with Gasteiger partial charge in [-0.15, -0.1) is 5.10 Å². The molecule has 3 rings (SSSR count). The van der Waals surface area contributed by atoms with Gasteiger partial charge in [0, 0.05) is 23.5 Å². The molecule has 0 aliphatic rings. The Morgan fingerprint density at radius 3 is 2.67 bits per heavy atom. The molecule has 0 unspecified atom stereocenters. The van der Waals surface area contributed by atoms with E-state index in [0.717, 1.165) is 5.56 Å². The molecule has 0 saturated carbocycles. The minimum absolute atomic E-state index is 0.00936. The molecule has 3 aromatic rings. The Morgan fingerprint density at radius 2 is 1.95 bits per heavy atom. The summed E-state index contributed by atoms with van der Waals surface area (Å²) in [5.74, 6) is 0.409. The van der Waals surface area contributed by atoms with Gasteiger partial charge in [0.1, 0.15) is 5.69 Å². The summed E-state index contributed by atoms with van der Waals surface area (Å²) in [6.45, 7) is 1.52. The molecule has 0 fully saturated rings. The van der Waals surface area contributed by atoms with Gasteiger partial charge in [0.25, 0.3) is 0 Å². The fourth-order valence-electron chi connectivity index (χ4n) is 2.05. The number of aromatic nitrogens is 4. The third kappa shape index (κ3) is 2.38. The maximum atomic E-state index is 11.5. The number of pyridine rings is 1. The second kappa shape index (κ2) is 5.16. The molecule has 0 aliphatic heterocycles. The third-order valence-electron chi connectivity index (χ3n) is 3.16. The van der Waals surface area contributed by atoms with E-state index in [2.05, 4.69) is 15.3 Å². The van der Waals surface area contributed by atoms with Gasteiger partial charge in [-0.25, -0.2) is 0 Å². The van der Waals surface area contributed by atoms with Gasteiger partial charge in [-0.1, -0.05) is 17.3 Å². The van der Waals surface area contributed by atoms with Gasteiger partial charge in [-0.3, -0.25) is 9.78 Å². The van der Waals surface area contributed by atoms with Crippen LogP contribution in [0.5, 0.6) is 0 Å². The predicted molar refractivity (Wildman–Crippen MR) is 79.0 cm³/mol. The highest BCUT2D eigenvalue weighted by molar-refractivity contribution is 5.94. The number of Topliss-reactive ketones (excluding diaryl/α,β-unsaturated/α-hetero) is 1. The van der Waals surface area contributed by atoms with Crippen molar-refractivity contribution in [3.63, 3.8) is 0 Å². The second-order valence-corrected chi connectivity index (χ2v) is 4.58. The first-order chi connectivity index (χ1) is 10.2. The van der Waals surface area contributed by atoms with Gasteiger partial charge in [-0.2, -0.15) is 4.68 Å². The van der Waals surface area contributed by atoms with Crippen molar-refractivity contribution in [3.05, 3.63) is 54.4 Å². The van der Waals surface area contributed by atoms with E-state index in [0.29, 0.717) is 22.8 Å². The van der Waals surface area contributed by atoms with E-state index in [1.54, 1.807) is 30.6 Å². The smallest absolute Gasteiger partial charge is 0.159 e. The lowest BCUT2D eigenvalue weighted by molar-refractivity contribution is 0.101. The second-order valence-electron chi connectivity index (χ2n) is 4.58. The quantitative estimate of drug-likeness (QED) is 0.742. The van der Waals surface area contributed by atoms with Gasteiger partial charge in [0.2, 0.25) is 0 Å². The molecule has 0 radical (unpaired) electrons. The Hall–Kier alpha value is -3.02. The van der Waals surface area contributed by atoms with Gasteiger partial charge >= 0.3 is 0 Å². The van der Waals surface area contributed by atoms with Crippen molar-refractivity contribution in [3.8, 4) is 16.9 Å². The van der Waals surface area contributed by atoms with Crippen molar-refractivity contribution in [1.82, 2.24) is 20.0 Å². The summed E-state index contributed by atoms with van der Waals surface area (Å²) in [6.07, 6.45) is 3.34. The number of nitrogen functional groups attached to an aromatic ring is 1. The first-order valence-electron chi connectivity index (χ1n) is 6.40. The molecule has 21 heavy (non-hydrogen) atoms. The zero-order valence-corrected chi connectivity index (χ0v) is 11.4. The van der Waals surface area contributed by atoms with Crippen molar-refractivity contribution in [2.24, 2.45) is 0 Å². The molecule has 0 spiro atoms. The Bertz CT molecular complexity index is 795. The maximum absolute atomic E-state index is 11.5. The first-order valence-corrected chi connectivity index (χ1v) is 6.40. The van der Waals surface area contributed by atoms with E-state index >= 15 is 0 Å². The SMILES string of the molecule is CC(=O)c1cccc(-n2nnc(-c3ccncc3)c2N)c1. The van der Waals surface area contributed by atoms with E-state index in [-0.39, 0.29) is 5.78 Å². The third-order valence-corrected chi connectivity index (χ3v) is 3.16. The van der Waals surface area contributed by atoms with Crippen molar-refractivity contribution in [2.75, 3.05) is 5.73 Å². The summed E-state index contributed by atoms with van der Waals surface area (Å²) >= 11 is 0. The number of hydrogen-bond acceptors (Lipinski definition) is 5. The minimum atomic E-state index is -0.00936. The van der Waals surface area contributed by atoms with Crippen molar-refractivity contribution < 1.29 is 4.79 Å². The Morgan fingerprint density at radius 1 is 1.19 bits per heavy atom. The number of ketones is 1. The van der Waals surface area contributed by atoms with Crippen LogP contribution in [0.2, 0.25) is 0 Å². The van der Waals surface area contributed by atoms with Crippen LogP contribution < -0.4 is 5.73 Å². The molecule has 104 valence electrons. The van der Waals surface area contributed by atoms with E-state index < -0.39 is 0 Å².